The fraction of sp³-hybridized carbons (Fsp3) is 0.500. The summed E-state index contributed by atoms with van der Waals surface area (Å²) >= 11 is 0. The van der Waals surface area contributed by atoms with Gasteiger partial charge in [0.2, 0.25) is 5.95 Å². The quantitative estimate of drug-likeness (QED) is 0.780. The van der Waals surface area contributed by atoms with E-state index in [0.717, 1.165) is 49.8 Å². The number of ether oxygens (including phenoxy) is 3. The van der Waals surface area contributed by atoms with E-state index < -0.39 is 0 Å². The molecule has 3 heterocycles. The number of hydrogen-bond acceptors (Lipinski definition) is 8. The Labute approximate surface area is 153 Å². The van der Waals surface area contributed by atoms with Crippen LogP contribution in [0.25, 0.3) is 0 Å². The average Bonchev–Trinajstić information content (AvgIpc) is 2.66. The minimum Gasteiger partial charge on any atom is -0.491 e. The van der Waals surface area contributed by atoms with Crippen LogP contribution in [0, 0.1) is 12.8 Å². The largest absolute Gasteiger partial charge is 0.491 e. The number of hydrogen-bond donors (Lipinski definition) is 2. The Morgan fingerprint density at radius 1 is 1.15 bits per heavy atom. The van der Waals surface area contributed by atoms with Crippen molar-refractivity contribution >= 4 is 17.5 Å². The van der Waals surface area contributed by atoms with Crippen LogP contribution < -0.4 is 20.1 Å². The summed E-state index contributed by atoms with van der Waals surface area (Å²) in [4.78, 5) is 13.2. The zero-order valence-corrected chi connectivity index (χ0v) is 15.4. The average molecular weight is 359 g/mol. The van der Waals surface area contributed by atoms with Crippen molar-refractivity contribution in [2.45, 2.75) is 19.8 Å². The van der Waals surface area contributed by atoms with Crippen molar-refractivity contribution in [1.29, 1.82) is 0 Å². The summed E-state index contributed by atoms with van der Waals surface area (Å²) in [6, 6.07) is 3.74. The Balaban J connectivity index is 1.69. The first-order valence-corrected chi connectivity index (χ1v) is 8.70. The lowest BCUT2D eigenvalue weighted by Gasteiger charge is -2.22. The van der Waals surface area contributed by atoms with Crippen LogP contribution in [0.5, 0.6) is 11.6 Å². The molecular weight excluding hydrogens is 334 g/mol. The molecule has 8 nitrogen and oxygen atoms in total. The van der Waals surface area contributed by atoms with Crippen LogP contribution in [0.3, 0.4) is 0 Å². The standard InChI is InChI=1S/C18H25N5O3/c1-12-8-16(19-10-13-4-6-26-7-5-13)23-18(21-12)22-14-9-15(24-2)17(25-3)20-11-14/h8-9,11,13H,4-7,10H2,1-3H3,(H2,19,21,22,23). The summed E-state index contributed by atoms with van der Waals surface area (Å²) in [6.45, 7) is 4.51. The molecule has 0 radical (unpaired) electrons. The zero-order valence-electron chi connectivity index (χ0n) is 15.4. The van der Waals surface area contributed by atoms with E-state index in [9.17, 15) is 0 Å². The number of anilines is 3. The number of aryl methyl sites for hydroxylation is 1. The maximum atomic E-state index is 5.40. The van der Waals surface area contributed by atoms with Crippen LogP contribution in [0.1, 0.15) is 18.5 Å². The Kier molecular flexibility index (Phi) is 6.06. The van der Waals surface area contributed by atoms with Gasteiger partial charge in [0.25, 0.3) is 5.88 Å². The molecule has 0 bridgehead atoms. The van der Waals surface area contributed by atoms with E-state index in [1.165, 1.54) is 0 Å². The molecule has 140 valence electrons. The van der Waals surface area contributed by atoms with Gasteiger partial charge in [-0.2, -0.15) is 4.98 Å². The van der Waals surface area contributed by atoms with Crippen LogP contribution in [0.15, 0.2) is 18.3 Å². The van der Waals surface area contributed by atoms with Crippen molar-refractivity contribution in [3.05, 3.63) is 24.0 Å². The highest BCUT2D eigenvalue weighted by Crippen LogP contribution is 2.28. The summed E-state index contributed by atoms with van der Waals surface area (Å²) in [5, 5.41) is 6.58. The van der Waals surface area contributed by atoms with Crippen molar-refractivity contribution in [3.63, 3.8) is 0 Å². The normalized spacial score (nSPS) is 14.7. The third-order valence-corrected chi connectivity index (χ3v) is 4.25. The Bertz CT molecular complexity index is 735. The Morgan fingerprint density at radius 2 is 1.96 bits per heavy atom. The van der Waals surface area contributed by atoms with Crippen molar-refractivity contribution in [2.24, 2.45) is 5.92 Å². The Morgan fingerprint density at radius 3 is 2.69 bits per heavy atom. The van der Waals surface area contributed by atoms with Crippen LogP contribution >= 0.6 is 0 Å². The molecule has 0 aromatic carbocycles. The summed E-state index contributed by atoms with van der Waals surface area (Å²) < 4.78 is 15.8. The van der Waals surface area contributed by atoms with Gasteiger partial charge in [-0.15, -0.1) is 0 Å². The third-order valence-electron chi connectivity index (χ3n) is 4.25. The molecule has 2 aromatic rings. The smallest absolute Gasteiger partial charge is 0.256 e. The van der Waals surface area contributed by atoms with Gasteiger partial charge in [0.05, 0.1) is 26.1 Å². The number of methoxy groups -OCH3 is 2. The highest BCUT2D eigenvalue weighted by atomic mass is 16.5. The van der Waals surface area contributed by atoms with Gasteiger partial charge in [0.15, 0.2) is 5.75 Å². The van der Waals surface area contributed by atoms with Crippen molar-refractivity contribution in [3.8, 4) is 11.6 Å². The summed E-state index contributed by atoms with van der Waals surface area (Å²) in [5.74, 6) is 2.91. The second kappa shape index (κ2) is 8.66. The fourth-order valence-electron chi connectivity index (χ4n) is 2.84. The SMILES string of the molecule is COc1cc(Nc2nc(C)cc(NCC3CCOCC3)n2)cnc1OC. The first-order chi connectivity index (χ1) is 12.7. The van der Waals surface area contributed by atoms with Gasteiger partial charge in [0, 0.05) is 37.6 Å². The lowest BCUT2D eigenvalue weighted by molar-refractivity contribution is 0.0699. The van der Waals surface area contributed by atoms with Gasteiger partial charge in [-0.25, -0.2) is 9.97 Å². The van der Waals surface area contributed by atoms with Gasteiger partial charge >= 0.3 is 0 Å². The van der Waals surface area contributed by atoms with E-state index in [0.29, 0.717) is 23.5 Å². The summed E-state index contributed by atoms with van der Waals surface area (Å²) in [5.41, 5.74) is 1.61. The molecule has 26 heavy (non-hydrogen) atoms. The van der Waals surface area contributed by atoms with Crippen molar-refractivity contribution in [1.82, 2.24) is 15.0 Å². The number of aromatic nitrogens is 3. The summed E-state index contributed by atoms with van der Waals surface area (Å²) in [7, 11) is 3.13. The van der Waals surface area contributed by atoms with Crippen molar-refractivity contribution in [2.75, 3.05) is 44.6 Å². The second-order valence-corrected chi connectivity index (χ2v) is 6.22. The summed E-state index contributed by atoms with van der Waals surface area (Å²) in [6.07, 6.45) is 3.82. The highest BCUT2D eigenvalue weighted by Gasteiger charge is 2.14. The van der Waals surface area contributed by atoms with E-state index in [-0.39, 0.29) is 0 Å². The fourth-order valence-corrected chi connectivity index (χ4v) is 2.84. The molecule has 0 spiro atoms. The molecule has 1 aliphatic heterocycles. The molecule has 0 unspecified atom stereocenters. The highest BCUT2D eigenvalue weighted by molar-refractivity contribution is 5.58. The zero-order chi connectivity index (χ0) is 18.4. The maximum absolute atomic E-state index is 5.40. The lowest BCUT2D eigenvalue weighted by atomic mass is 10.0. The third kappa shape index (κ3) is 4.72. The minimum atomic E-state index is 0.432. The second-order valence-electron chi connectivity index (χ2n) is 6.22. The van der Waals surface area contributed by atoms with E-state index >= 15 is 0 Å². The molecule has 1 fully saturated rings. The molecular formula is C18H25N5O3. The maximum Gasteiger partial charge on any atom is 0.256 e. The van der Waals surface area contributed by atoms with E-state index in [1.807, 2.05) is 13.0 Å². The predicted octanol–water partition coefficient (Wildman–Crippen LogP) is 2.78. The predicted molar refractivity (Wildman–Crippen MR) is 99.4 cm³/mol. The molecule has 1 aliphatic rings. The molecule has 3 rings (SSSR count). The number of nitrogens with one attached hydrogen (secondary N) is 2. The van der Waals surface area contributed by atoms with Crippen LogP contribution in [-0.4, -0.2) is 48.9 Å². The van der Waals surface area contributed by atoms with Gasteiger partial charge < -0.3 is 24.8 Å². The molecule has 0 atom stereocenters. The van der Waals surface area contributed by atoms with Crippen LogP contribution in [0.4, 0.5) is 17.5 Å². The molecule has 0 amide bonds. The molecule has 2 N–H and O–H groups in total. The first kappa shape index (κ1) is 18.2. The van der Waals surface area contributed by atoms with E-state index in [4.69, 9.17) is 14.2 Å². The first-order valence-electron chi connectivity index (χ1n) is 8.70. The Hall–Kier alpha value is -2.61. The van der Waals surface area contributed by atoms with E-state index in [2.05, 4.69) is 25.6 Å². The van der Waals surface area contributed by atoms with Gasteiger partial charge in [0.1, 0.15) is 5.82 Å². The van der Waals surface area contributed by atoms with Crippen LogP contribution in [-0.2, 0) is 4.74 Å². The number of pyridine rings is 1. The van der Waals surface area contributed by atoms with Crippen molar-refractivity contribution < 1.29 is 14.2 Å². The topological polar surface area (TPSA) is 90.4 Å². The molecule has 0 aliphatic carbocycles. The number of rotatable bonds is 7. The van der Waals surface area contributed by atoms with Gasteiger partial charge in [-0.1, -0.05) is 0 Å². The van der Waals surface area contributed by atoms with Gasteiger partial charge in [-0.05, 0) is 25.7 Å². The lowest BCUT2D eigenvalue weighted by Crippen LogP contribution is -2.23. The monoisotopic (exact) mass is 359 g/mol. The molecule has 0 saturated carbocycles. The van der Waals surface area contributed by atoms with Crippen LogP contribution in [0.2, 0.25) is 0 Å². The van der Waals surface area contributed by atoms with E-state index in [1.54, 1.807) is 26.5 Å². The van der Waals surface area contributed by atoms with Gasteiger partial charge in [-0.3, -0.25) is 0 Å². The molecule has 8 heteroatoms. The molecule has 2 aromatic heterocycles. The number of nitrogens with zero attached hydrogens (tertiary/aromatic N) is 3. The molecule has 1 saturated heterocycles. The minimum absolute atomic E-state index is 0.432.